The second-order valence-electron chi connectivity index (χ2n) is 34.1. The van der Waals surface area contributed by atoms with Crippen molar-refractivity contribution in [2.75, 3.05) is 0 Å². The van der Waals surface area contributed by atoms with Crippen molar-refractivity contribution in [3.63, 3.8) is 0 Å². The number of pyridine rings is 3. The zero-order valence-electron chi connectivity index (χ0n) is 71.2. The monoisotopic (exact) mass is 1680 g/mol. The first kappa shape index (κ1) is 76.6. The van der Waals surface area contributed by atoms with Gasteiger partial charge in [0.2, 0.25) is 0 Å². The summed E-state index contributed by atoms with van der Waals surface area (Å²) in [5, 5.41) is 33.4. The van der Waals surface area contributed by atoms with Crippen LogP contribution in [0.3, 0.4) is 0 Å². The van der Waals surface area contributed by atoms with Gasteiger partial charge in [-0.05, 0) is 305 Å². The van der Waals surface area contributed by atoms with Crippen LogP contribution in [0.1, 0.15) is 0 Å². The zero-order valence-corrected chi connectivity index (χ0v) is 71.2. The Hall–Kier alpha value is -17.9. The van der Waals surface area contributed by atoms with E-state index in [0.29, 0.717) is 29.1 Å². The summed E-state index contributed by atoms with van der Waals surface area (Å²) in [6.45, 7) is 0. The van der Waals surface area contributed by atoms with Gasteiger partial charge in [0.25, 0.3) is 0 Å². The standard InChI is InChI=1S/2C41H25N3.C40H24N4/c1-3-8-29-20-36-22-33(14-12-31(36)18-27(29)6-1)39-25-40(44-41(43-39)35-16-11-26-10-5-17-42-38(26)24-35)34-15-13-32-19-28-7-2-4-9-30(28)21-37(32)23-34;1-3-8-28-20-36-23-33(13-11-30(36)18-26(28)6-1)39-25-40(44-41(43-39)35-15-16-38-32(22-35)10-5-17-42-38)34-14-12-31-19-27-7-2-4-9-29(27)21-37(31)24-34;1-3-7-27-20-36-22-33(11-9-29(36)17-25(27)5-1)39-42-38(32-13-14-35-24-41-16-15-31(35)19-32)43-40(44-39)34-12-10-30-18-26-6-2-4-8-28(26)21-37(30)23-34/h2*1-25H;1-24H. The maximum absolute atomic E-state index is 5.15. The van der Waals surface area contributed by atoms with Crippen LogP contribution in [0.25, 0.3) is 264 Å². The van der Waals surface area contributed by atoms with Gasteiger partial charge in [0.15, 0.2) is 29.1 Å². The van der Waals surface area contributed by atoms with E-state index >= 15 is 0 Å². The Morgan fingerprint density at radius 2 is 0.341 bits per heavy atom. The highest BCUT2D eigenvalue weighted by Gasteiger charge is 2.20. The molecule has 27 rings (SSSR count). The van der Waals surface area contributed by atoms with E-state index in [1.54, 1.807) is 0 Å². The zero-order chi connectivity index (χ0) is 87.1. The fraction of sp³-hybridized carbons (Fsp3) is 0. The van der Waals surface area contributed by atoms with Gasteiger partial charge in [-0.25, -0.2) is 34.9 Å². The summed E-state index contributed by atoms with van der Waals surface area (Å²) in [7, 11) is 0. The van der Waals surface area contributed by atoms with Gasteiger partial charge in [-0.3, -0.25) is 15.0 Å². The lowest BCUT2D eigenvalue weighted by Gasteiger charge is -2.12. The highest BCUT2D eigenvalue weighted by molar-refractivity contribution is 6.07. The van der Waals surface area contributed by atoms with Gasteiger partial charge in [0.1, 0.15) is 0 Å². The highest BCUT2D eigenvalue weighted by Crippen LogP contribution is 2.40. The molecule has 0 fully saturated rings. The average molecular weight is 1680 g/mol. The number of rotatable bonds is 9. The molecule has 612 valence electrons. The molecule has 132 heavy (non-hydrogen) atoms. The maximum Gasteiger partial charge on any atom is 0.164 e. The van der Waals surface area contributed by atoms with Gasteiger partial charge in [-0.2, -0.15) is 0 Å². The highest BCUT2D eigenvalue weighted by atomic mass is 15.0. The number of benzene rings is 21. The van der Waals surface area contributed by atoms with Crippen molar-refractivity contribution in [2.45, 2.75) is 0 Å². The minimum absolute atomic E-state index is 0.640. The van der Waals surface area contributed by atoms with E-state index in [1.165, 1.54) is 118 Å². The fourth-order valence-corrected chi connectivity index (χ4v) is 18.7. The van der Waals surface area contributed by atoms with E-state index in [1.807, 2.05) is 49.1 Å². The first-order valence-electron chi connectivity index (χ1n) is 44.4. The number of aromatic nitrogens is 10. The van der Waals surface area contributed by atoms with Crippen molar-refractivity contribution in [3.8, 4) is 102 Å². The number of fused-ring (bicyclic) bond motifs is 15. The average Bonchev–Trinajstić information content (AvgIpc) is 0.767. The molecule has 10 nitrogen and oxygen atoms in total. The van der Waals surface area contributed by atoms with Crippen molar-refractivity contribution in [1.29, 1.82) is 0 Å². The summed E-state index contributed by atoms with van der Waals surface area (Å²) in [5.41, 5.74) is 14.4. The molecule has 0 aliphatic rings. The van der Waals surface area contributed by atoms with Crippen molar-refractivity contribution in [1.82, 2.24) is 49.8 Å². The smallest absolute Gasteiger partial charge is 0.164 e. The van der Waals surface area contributed by atoms with Gasteiger partial charge in [-0.15, -0.1) is 0 Å². The SMILES string of the molecule is c1ccc2cc3cc(-c4cc(-c5ccc6cc7ccccc7cc6c5)nc(-c5ccc6cccnc6c5)n4)ccc3cc2c1.c1ccc2cc3cc(-c4cc(-c5ccc6cc7ccccc7cc6c5)nc(-c5ccc6ncccc6c5)n4)ccc3cc2c1.c1ccc2cc3cc(-c4nc(-c5ccc6cnccc6c5)nc(-c5ccc6cc7ccccc7cc6c5)n4)ccc3cc2c1. The number of hydrogen-bond donors (Lipinski definition) is 0. The van der Waals surface area contributed by atoms with Crippen LogP contribution in [0.15, 0.2) is 449 Å². The molecular formula is C122H74N10. The topological polar surface area (TPSA) is 129 Å². The van der Waals surface area contributed by atoms with E-state index in [9.17, 15) is 0 Å². The van der Waals surface area contributed by atoms with E-state index in [0.717, 1.165) is 116 Å². The Morgan fingerprint density at radius 3 is 0.674 bits per heavy atom. The largest absolute Gasteiger partial charge is 0.264 e. The van der Waals surface area contributed by atoms with Crippen LogP contribution >= 0.6 is 0 Å². The van der Waals surface area contributed by atoms with Crippen molar-refractivity contribution in [2.24, 2.45) is 0 Å². The van der Waals surface area contributed by atoms with Crippen LogP contribution in [0, 0.1) is 0 Å². The molecule has 0 bridgehead atoms. The predicted octanol–water partition coefficient (Wildman–Crippen LogP) is 31.3. The Balaban J connectivity index is 0.000000106. The molecule has 21 aromatic carbocycles. The first-order valence-corrected chi connectivity index (χ1v) is 44.4. The Kier molecular flexibility index (Phi) is 18.7. The van der Waals surface area contributed by atoms with Gasteiger partial charge in [-0.1, -0.05) is 255 Å². The van der Waals surface area contributed by atoms with Gasteiger partial charge in [0.05, 0.1) is 33.8 Å². The second-order valence-corrected chi connectivity index (χ2v) is 34.1. The van der Waals surface area contributed by atoms with Gasteiger partial charge in [0, 0.05) is 91.0 Å². The lowest BCUT2D eigenvalue weighted by molar-refractivity contribution is 1.08. The molecule has 0 radical (unpaired) electrons. The molecule has 0 aliphatic carbocycles. The van der Waals surface area contributed by atoms with E-state index in [4.69, 9.17) is 34.9 Å². The minimum Gasteiger partial charge on any atom is -0.264 e. The summed E-state index contributed by atoms with van der Waals surface area (Å²) in [5.74, 6) is 3.31. The van der Waals surface area contributed by atoms with Crippen LogP contribution in [0.5, 0.6) is 0 Å². The van der Waals surface area contributed by atoms with Crippen LogP contribution in [-0.2, 0) is 0 Å². The molecule has 0 atom stereocenters. The van der Waals surface area contributed by atoms with Gasteiger partial charge >= 0.3 is 0 Å². The molecule has 0 amide bonds. The third kappa shape index (κ3) is 14.8. The van der Waals surface area contributed by atoms with Crippen molar-refractivity contribution >= 4 is 162 Å². The number of nitrogens with zero attached hydrogens (tertiary/aromatic N) is 10. The second kappa shape index (κ2) is 32.2. The summed E-state index contributed by atoms with van der Waals surface area (Å²) < 4.78 is 0. The van der Waals surface area contributed by atoms with E-state index in [-0.39, 0.29) is 0 Å². The van der Waals surface area contributed by atoms with E-state index < -0.39 is 0 Å². The Morgan fingerprint density at radius 1 is 0.121 bits per heavy atom. The lowest BCUT2D eigenvalue weighted by atomic mass is 9.98. The molecule has 27 aromatic rings. The van der Waals surface area contributed by atoms with Crippen molar-refractivity contribution < 1.29 is 0 Å². The number of hydrogen-bond acceptors (Lipinski definition) is 10. The third-order valence-electron chi connectivity index (χ3n) is 25.6. The van der Waals surface area contributed by atoms with Crippen LogP contribution in [0.4, 0.5) is 0 Å². The molecule has 0 aliphatic heterocycles. The minimum atomic E-state index is 0.640. The van der Waals surface area contributed by atoms with E-state index in [2.05, 4.69) is 415 Å². The third-order valence-corrected chi connectivity index (χ3v) is 25.6. The summed E-state index contributed by atoms with van der Waals surface area (Å²) in [4.78, 5) is 49.1. The molecule has 0 spiro atoms. The molecule has 0 N–H and O–H groups in total. The van der Waals surface area contributed by atoms with Crippen molar-refractivity contribution in [3.05, 3.63) is 449 Å². The van der Waals surface area contributed by atoms with Gasteiger partial charge < -0.3 is 0 Å². The van der Waals surface area contributed by atoms with Crippen LogP contribution in [0.2, 0.25) is 0 Å². The summed E-state index contributed by atoms with van der Waals surface area (Å²) in [6, 6.07) is 150. The molecule has 6 heterocycles. The maximum atomic E-state index is 5.15. The molecule has 0 saturated heterocycles. The molecule has 0 unspecified atom stereocenters. The Labute approximate surface area is 757 Å². The van der Waals surface area contributed by atoms with Crippen LogP contribution in [-0.4, -0.2) is 49.8 Å². The molecule has 6 aromatic heterocycles. The van der Waals surface area contributed by atoms with Crippen LogP contribution < -0.4 is 0 Å². The quantitative estimate of drug-likeness (QED) is 0.129. The normalized spacial score (nSPS) is 11.6. The Bertz CT molecular complexity index is 8150. The summed E-state index contributed by atoms with van der Waals surface area (Å²) >= 11 is 0. The fourth-order valence-electron chi connectivity index (χ4n) is 18.7. The molecule has 0 saturated carbocycles. The summed E-state index contributed by atoms with van der Waals surface area (Å²) in [6.07, 6.45) is 7.34. The molecular weight excluding hydrogens is 1610 g/mol. The predicted molar refractivity (Wildman–Crippen MR) is 549 cm³/mol. The molecule has 10 heteroatoms. The first-order chi connectivity index (χ1) is 65.2. The lowest BCUT2D eigenvalue weighted by Crippen LogP contribution is -2.00.